The van der Waals surface area contributed by atoms with Gasteiger partial charge in [-0.1, -0.05) is 46.7 Å². The molecule has 4 heterocycles. The fourth-order valence-corrected chi connectivity index (χ4v) is 4.27. The van der Waals surface area contributed by atoms with Crippen LogP contribution in [0.25, 0.3) is 11.4 Å². The second-order valence-corrected chi connectivity index (χ2v) is 8.25. The predicted octanol–water partition coefficient (Wildman–Crippen LogP) is 4.17. The second kappa shape index (κ2) is 8.35. The number of anilines is 1. The molecule has 1 aromatic carbocycles. The Hall–Kier alpha value is -3.07. The van der Waals surface area contributed by atoms with Crippen LogP contribution in [0, 0.1) is 6.92 Å². The normalized spacial score (nSPS) is 14.0. The minimum atomic E-state index is 0.523. The van der Waals surface area contributed by atoms with Crippen molar-refractivity contribution in [2.45, 2.75) is 37.2 Å². The Morgan fingerprint density at radius 1 is 1.07 bits per heavy atom. The molecule has 0 atom stereocenters. The molecule has 9 heteroatoms. The predicted molar refractivity (Wildman–Crippen MR) is 113 cm³/mol. The molecule has 1 aliphatic rings. The topological polar surface area (TPSA) is 86.0 Å². The largest absolute Gasteiger partial charge is 0.467 e. The zero-order chi connectivity index (χ0) is 20.3. The van der Waals surface area contributed by atoms with E-state index < -0.39 is 0 Å². The fraction of sp³-hybridized carbons (Fsp3) is 0.333. The van der Waals surface area contributed by atoms with Crippen molar-refractivity contribution in [1.82, 2.24) is 24.9 Å². The van der Waals surface area contributed by atoms with Crippen molar-refractivity contribution in [2.75, 3.05) is 18.0 Å². The van der Waals surface area contributed by atoms with Gasteiger partial charge in [0.25, 0.3) is 0 Å². The summed E-state index contributed by atoms with van der Waals surface area (Å²) >= 11 is 1.54. The summed E-state index contributed by atoms with van der Waals surface area (Å²) in [7, 11) is 0. The Kier molecular flexibility index (Phi) is 5.27. The summed E-state index contributed by atoms with van der Waals surface area (Å²) in [5, 5.41) is 13.8. The van der Waals surface area contributed by atoms with Gasteiger partial charge in [0, 0.05) is 18.7 Å². The highest BCUT2D eigenvalue weighted by Crippen LogP contribution is 2.28. The number of nitrogens with zero attached hydrogens (tertiary/aromatic N) is 6. The van der Waals surface area contributed by atoms with Crippen LogP contribution in [-0.4, -0.2) is 38.0 Å². The van der Waals surface area contributed by atoms with Crippen LogP contribution in [0.2, 0.25) is 0 Å². The Bertz CT molecular complexity index is 1100. The van der Waals surface area contributed by atoms with Crippen molar-refractivity contribution in [2.24, 2.45) is 0 Å². The first-order chi connectivity index (χ1) is 14.8. The van der Waals surface area contributed by atoms with E-state index in [9.17, 15) is 0 Å². The van der Waals surface area contributed by atoms with Crippen molar-refractivity contribution in [3.8, 4) is 11.4 Å². The Balaban J connectivity index is 1.34. The molecule has 3 aromatic heterocycles. The van der Waals surface area contributed by atoms with E-state index in [0.29, 0.717) is 24.0 Å². The minimum absolute atomic E-state index is 0.523. The lowest BCUT2D eigenvalue weighted by Gasteiger charge is -2.17. The van der Waals surface area contributed by atoms with Crippen LogP contribution in [0.3, 0.4) is 0 Å². The van der Waals surface area contributed by atoms with Crippen LogP contribution < -0.4 is 4.90 Å². The molecule has 0 unspecified atom stereocenters. The van der Waals surface area contributed by atoms with Gasteiger partial charge in [0.1, 0.15) is 5.76 Å². The van der Waals surface area contributed by atoms with Gasteiger partial charge >= 0.3 is 0 Å². The average molecular weight is 423 g/mol. The van der Waals surface area contributed by atoms with Crippen LogP contribution >= 0.6 is 11.8 Å². The first kappa shape index (κ1) is 18.9. The number of hydrogen-bond donors (Lipinski definition) is 0. The molecular formula is C21H22N6O2S. The second-order valence-electron chi connectivity index (χ2n) is 7.31. The highest BCUT2D eigenvalue weighted by molar-refractivity contribution is 7.98. The van der Waals surface area contributed by atoms with E-state index in [-0.39, 0.29) is 0 Å². The number of thioether (sulfide) groups is 1. The molecule has 0 aliphatic carbocycles. The van der Waals surface area contributed by atoms with Crippen LogP contribution in [0.15, 0.2) is 56.8 Å². The molecule has 1 fully saturated rings. The molecule has 1 aliphatic heterocycles. The Morgan fingerprint density at radius 2 is 1.90 bits per heavy atom. The van der Waals surface area contributed by atoms with Crippen molar-refractivity contribution in [3.63, 3.8) is 0 Å². The zero-order valence-corrected chi connectivity index (χ0v) is 17.5. The highest BCUT2D eigenvalue weighted by atomic mass is 32.2. The highest BCUT2D eigenvalue weighted by Gasteiger charge is 2.22. The number of hydrogen-bond acceptors (Lipinski definition) is 8. The summed E-state index contributed by atoms with van der Waals surface area (Å²) in [6.07, 6.45) is 4.05. The van der Waals surface area contributed by atoms with Crippen molar-refractivity contribution < 1.29 is 8.94 Å². The zero-order valence-electron chi connectivity index (χ0n) is 16.7. The quantitative estimate of drug-likeness (QED) is 0.410. The molecule has 5 rings (SSSR count). The van der Waals surface area contributed by atoms with Gasteiger partial charge in [0.05, 0.1) is 18.6 Å². The molecule has 1 saturated heterocycles. The summed E-state index contributed by atoms with van der Waals surface area (Å²) in [6.45, 7) is 4.65. The van der Waals surface area contributed by atoms with E-state index in [1.807, 2.05) is 36.4 Å². The molecular weight excluding hydrogens is 400 g/mol. The monoisotopic (exact) mass is 422 g/mol. The van der Waals surface area contributed by atoms with Gasteiger partial charge < -0.3 is 13.8 Å². The molecule has 0 bridgehead atoms. The lowest BCUT2D eigenvalue weighted by atomic mass is 10.1. The maximum absolute atomic E-state index is 5.56. The van der Waals surface area contributed by atoms with E-state index >= 15 is 0 Å². The van der Waals surface area contributed by atoms with Gasteiger partial charge in [-0.2, -0.15) is 4.98 Å². The molecule has 8 nitrogen and oxygen atoms in total. The molecule has 0 saturated carbocycles. The smallest absolute Gasteiger partial charge is 0.237 e. The van der Waals surface area contributed by atoms with Crippen LogP contribution in [-0.2, 0) is 12.3 Å². The summed E-state index contributed by atoms with van der Waals surface area (Å²) in [4.78, 5) is 6.81. The van der Waals surface area contributed by atoms with E-state index in [4.69, 9.17) is 8.94 Å². The Labute approximate surface area is 178 Å². The number of rotatable bonds is 7. The van der Waals surface area contributed by atoms with Crippen molar-refractivity contribution >= 4 is 17.7 Å². The van der Waals surface area contributed by atoms with Crippen molar-refractivity contribution in [1.29, 1.82) is 0 Å². The van der Waals surface area contributed by atoms with Gasteiger partial charge in [-0.05, 0) is 31.9 Å². The summed E-state index contributed by atoms with van der Waals surface area (Å²) in [5.41, 5.74) is 2.14. The van der Waals surface area contributed by atoms with Gasteiger partial charge in [0.15, 0.2) is 5.16 Å². The van der Waals surface area contributed by atoms with E-state index in [1.165, 1.54) is 30.2 Å². The molecule has 4 aromatic rings. The standard InChI is InChI=1S/C21H22N6O2S/c1-15-6-8-16(9-7-15)19-22-18(29-25-19)14-30-21-24-23-20(26-10-2-3-11-26)27(21)13-17-5-4-12-28-17/h4-9,12H,2-3,10-11,13-14H2,1H3. The van der Waals surface area contributed by atoms with Gasteiger partial charge in [-0.15, -0.1) is 10.2 Å². The molecule has 0 N–H and O–H groups in total. The third-order valence-corrected chi connectivity index (χ3v) is 6.03. The molecule has 30 heavy (non-hydrogen) atoms. The summed E-state index contributed by atoms with van der Waals surface area (Å²) in [6, 6.07) is 11.9. The fourth-order valence-electron chi connectivity index (χ4n) is 3.50. The van der Waals surface area contributed by atoms with Crippen LogP contribution in [0.4, 0.5) is 5.95 Å². The number of aromatic nitrogens is 5. The molecule has 0 spiro atoms. The number of benzene rings is 1. The Morgan fingerprint density at radius 3 is 2.67 bits per heavy atom. The van der Waals surface area contributed by atoms with Crippen molar-refractivity contribution in [3.05, 3.63) is 59.9 Å². The van der Waals surface area contributed by atoms with Crippen LogP contribution in [0.5, 0.6) is 0 Å². The summed E-state index contributed by atoms with van der Waals surface area (Å²) < 4.78 is 13.1. The first-order valence-corrected chi connectivity index (χ1v) is 11.0. The first-order valence-electron chi connectivity index (χ1n) is 9.99. The molecule has 154 valence electrons. The van der Waals surface area contributed by atoms with E-state index in [0.717, 1.165) is 35.5 Å². The van der Waals surface area contributed by atoms with E-state index in [1.54, 1.807) is 6.26 Å². The molecule has 0 radical (unpaired) electrons. The van der Waals surface area contributed by atoms with Gasteiger partial charge in [-0.3, -0.25) is 4.57 Å². The average Bonchev–Trinajstić information content (AvgIpc) is 3.55. The van der Waals surface area contributed by atoms with Gasteiger partial charge in [0.2, 0.25) is 17.7 Å². The number of furan rings is 1. The lowest BCUT2D eigenvalue weighted by Crippen LogP contribution is -2.22. The lowest BCUT2D eigenvalue weighted by molar-refractivity contribution is 0.391. The minimum Gasteiger partial charge on any atom is -0.467 e. The SMILES string of the molecule is Cc1ccc(-c2noc(CSc3nnc(N4CCCC4)n3Cc3ccco3)n2)cc1. The number of aryl methyl sites for hydroxylation is 1. The molecule has 0 amide bonds. The van der Waals surface area contributed by atoms with Crippen LogP contribution in [0.1, 0.15) is 30.1 Å². The van der Waals surface area contributed by atoms with Gasteiger partial charge in [-0.25, -0.2) is 0 Å². The maximum Gasteiger partial charge on any atom is 0.237 e. The summed E-state index contributed by atoms with van der Waals surface area (Å²) in [5.74, 6) is 3.44. The third-order valence-electron chi connectivity index (χ3n) is 5.08. The van der Waals surface area contributed by atoms with E-state index in [2.05, 4.69) is 36.7 Å². The third kappa shape index (κ3) is 3.97. The maximum atomic E-state index is 5.56.